The largest absolute Gasteiger partial charge is 0.350 e. The molecular formula is C19H21FN2O3. The fraction of sp³-hybridized carbons (Fsp3) is 0.421. The smallest absolute Gasteiger partial charge is 0.233 e. The van der Waals surface area contributed by atoms with E-state index in [0.717, 1.165) is 5.56 Å². The van der Waals surface area contributed by atoms with Crippen molar-refractivity contribution in [3.05, 3.63) is 47.8 Å². The molecule has 1 aromatic carbocycles. The van der Waals surface area contributed by atoms with Crippen molar-refractivity contribution in [3.8, 4) is 0 Å². The van der Waals surface area contributed by atoms with Gasteiger partial charge in [-0.2, -0.15) is 0 Å². The van der Waals surface area contributed by atoms with Gasteiger partial charge in [0.1, 0.15) is 5.82 Å². The van der Waals surface area contributed by atoms with E-state index in [-0.39, 0.29) is 54.4 Å². The summed E-state index contributed by atoms with van der Waals surface area (Å²) in [6, 6.07) is 5.65. The van der Waals surface area contributed by atoms with Gasteiger partial charge in [-0.3, -0.25) is 19.3 Å². The van der Waals surface area contributed by atoms with Crippen molar-refractivity contribution in [2.45, 2.75) is 32.2 Å². The second-order valence-corrected chi connectivity index (χ2v) is 6.57. The Morgan fingerprint density at radius 2 is 1.72 bits per heavy atom. The van der Waals surface area contributed by atoms with Crippen LogP contribution in [0.1, 0.15) is 37.8 Å². The molecule has 0 radical (unpaired) electrons. The quantitative estimate of drug-likeness (QED) is 0.659. The lowest BCUT2D eigenvalue weighted by molar-refractivity contribution is -0.140. The van der Waals surface area contributed by atoms with Crippen LogP contribution >= 0.6 is 0 Å². The Morgan fingerprint density at radius 1 is 1.16 bits per heavy atom. The highest BCUT2D eigenvalue weighted by atomic mass is 19.1. The predicted octanol–water partition coefficient (Wildman–Crippen LogP) is 2.34. The summed E-state index contributed by atoms with van der Waals surface area (Å²) in [5, 5.41) is 2.81. The maximum absolute atomic E-state index is 12.9. The normalized spacial score (nSPS) is 23.5. The number of carbonyl (C=O) groups is 3. The number of imide groups is 1. The van der Waals surface area contributed by atoms with Gasteiger partial charge < -0.3 is 5.32 Å². The molecule has 1 N–H and O–H groups in total. The van der Waals surface area contributed by atoms with Crippen LogP contribution in [0.15, 0.2) is 36.4 Å². The summed E-state index contributed by atoms with van der Waals surface area (Å²) in [7, 11) is 0. The third-order valence-electron chi connectivity index (χ3n) is 4.91. The fourth-order valence-electron chi connectivity index (χ4n) is 3.45. The Hall–Kier alpha value is -2.50. The molecule has 6 heteroatoms. The zero-order valence-corrected chi connectivity index (χ0v) is 14.1. The number of nitrogens with one attached hydrogen (secondary N) is 1. The van der Waals surface area contributed by atoms with Gasteiger partial charge in [-0.15, -0.1) is 0 Å². The Kier molecular flexibility index (Phi) is 4.97. The molecule has 1 heterocycles. The number of halogens is 1. The zero-order valence-electron chi connectivity index (χ0n) is 14.1. The van der Waals surface area contributed by atoms with E-state index in [4.69, 9.17) is 0 Å². The molecule has 25 heavy (non-hydrogen) atoms. The average Bonchev–Trinajstić information content (AvgIpc) is 2.85. The van der Waals surface area contributed by atoms with E-state index in [1.54, 1.807) is 19.1 Å². The summed E-state index contributed by atoms with van der Waals surface area (Å²) >= 11 is 0. The Labute approximate surface area is 145 Å². The molecule has 0 bridgehead atoms. The van der Waals surface area contributed by atoms with Crippen molar-refractivity contribution < 1.29 is 18.8 Å². The van der Waals surface area contributed by atoms with E-state index < -0.39 is 0 Å². The van der Waals surface area contributed by atoms with Gasteiger partial charge in [-0.25, -0.2) is 4.39 Å². The third-order valence-corrected chi connectivity index (χ3v) is 4.91. The van der Waals surface area contributed by atoms with Gasteiger partial charge >= 0.3 is 0 Å². The molecule has 1 aliphatic carbocycles. The maximum Gasteiger partial charge on any atom is 0.233 e. The summed E-state index contributed by atoms with van der Waals surface area (Å²) in [5.41, 5.74) is 0.792. The first-order valence-electron chi connectivity index (χ1n) is 8.52. The number of amides is 3. The highest BCUT2D eigenvalue weighted by Gasteiger charge is 2.46. The number of hydrogen-bond acceptors (Lipinski definition) is 3. The number of likely N-dealkylation sites (tertiary alicyclic amines) is 1. The number of hydrogen-bond donors (Lipinski definition) is 1. The standard InChI is InChI=1S/C19H21FN2O3/c1-12(13-6-8-14(20)9-7-13)21-17(23)10-11-22-18(24)15-4-2-3-5-16(15)19(22)25/h2-3,6-9,12,15-16H,4-5,10-11H2,1H3,(H,21,23)/t12-,15+,16+/m1/s1. The minimum Gasteiger partial charge on any atom is -0.350 e. The second kappa shape index (κ2) is 7.17. The molecule has 1 saturated heterocycles. The van der Waals surface area contributed by atoms with Crippen LogP contribution in [0.4, 0.5) is 4.39 Å². The third kappa shape index (κ3) is 3.62. The van der Waals surface area contributed by atoms with Gasteiger partial charge in [0.25, 0.3) is 0 Å². The Bertz CT molecular complexity index is 688. The van der Waals surface area contributed by atoms with E-state index in [1.807, 2.05) is 12.2 Å². The molecule has 1 fully saturated rings. The lowest BCUT2D eigenvalue weighted by Gasteiger charge is -2.17. The van der Waals surface area contributed by atoms with Gasteiger partial charge in [0.05, 0.1) is 17.9 Å². The molecule has 1 aliphatic heterocycles. The summed E-state index contributed by atoms with van der Waals surface area (Å²) in [6.45, 7) is 1.91. The topological polar surface area (TPSA) is 66.5 Å². The number of allylic oxidation sites excluding steroid dienone is 2. The zero-order chi connectivity index (χ0) is 18.0. The second-order valence-electron chi connectivity index (χ2n) is 6.57. The van der Waals surface area contributed by atoms with Gasteiger partial charge in [-0.1, -0.05) is 24.3 Å². The molecule has 132 valence electrons. The van der Waals surface area contributed by atoms with E-state index >= 15 is 0 Å². The van der Waals surface area contributed by atoms with Crippen molar-refractivity contribution >= 4 is 17.7 Å². The summed E-state index contributed by atoms with van der Waals surface area (Å²) in [6.07, 6.45) is 5.13. The van der Waals surface area contributed by atoms with Gasteiger partial charge in [0, 0.05) is 13.0 Å². The molecule has 0 unspecified atom stereocenters. The molecule has 0 aromatic heterocycles. The van der Waals surface area contributed by atoms with E-state index in [1.165, 1.54) is 17.0 Å². The molecule has 0 saturated carbocycles. The van der Waals surface area contributed by atoms with Gasteiger partial charge in [0.2, 0.25) is 17.7 Å². The molecule has 5 nitrogen and oxygen atoms in total. The first kappa shape index (κ1) is 17.3. The number of rotatable bonds is 5. The first-order valence-corrected chi connectivity index (χ1v) is 8.52. The van der Waals surface area contributed by atoms with Crippen LogP contribution in [0.3, 0.4) is 0 Å². The number of fused-ring (bicyclic) bond motifs is 1. The Morgan fingerprint density at radius 3 is 2.28 bits per heavy atom. The number of benzene rings is 1. The van der Waals surface area contributed by atoms with Crippen molar-refractivity contribution in [1.29, 1.82) is 0 Å². The molecule has 3 rings (SSSR count). The molecule has 3 atom stereocenters. The highest BCUT2D eigenvalue weighted by molar-refractivity contribution is 6.05. The first-order chi connectivity index (χ1) is 12.0. The van der Waals surface area contributed by atoms with Crippen LogP contribution in [0.2, 0.25) is 0 Å². The van der Waals surface area contributed by atoms with Gasteiger partial charge in [-0.05, 0) is 37.5 Å². The van der Waals surface area contributed by atoms with Crippen molar-refractivity contribution in [1.82, 2.24) is 10.2 Å². The van der Waals surface area contributed by atoms with Crippen molar-refractivity contribution in [2.75, 3.05) is 6.54 Å². The maximum atomic E-state index is 12.9. The van der Waals surface area contributed by atoms with Gasteiger partial charge in [0.15, 0.2) is 0 Å². The summed E-state index contributed by atoms with van der Waals surface area (Å²) < 4.78 is 12.9. The summed E-state index contributed by atoms with van der Waals surface area (Å²) in [4.78, 5) is 38.0. The molecule has 1 aromatic rings. The van der Waals surface area contributed by atoms with E-state index in [0.29, 0.717) is 12.8 Å². The SMILES string of the molecule is C[C@@H](NC(=O)CCN1C(=O)[C@H]2CC=CC[C@@H]2C1=O)c1ccc(F)cc1. The van der Waals surface area contributed by atoms with Crippen LogP contribution in [0, 0.1) is 17.7 Å². The number of carbonyl (C=O) groups excluding carboxylic acids is 3. The summed E-state index contributed by atoms with van der Waals surface area (Å²) in [5.74, 6) is -1.44. The van der Waals surface area contributed by atoms with Crippen molar-refractivity contribution in [2.24, 2.45) is 11.8 Å². The predicted molar refractivity (Wildman–Crippen MR) is 89.6 cm³/mol. The minimum absolute atomic E-state index is 0.0654. The minimum atomic E-state index is -0.329. The molecule has 0 spiro atoms. The van der Waals surface area contributed by atoms with Crippen LogP contribution in [0.5, 0.6) is 0 Å². The Balaban J connectivity index is 1.53. The van der Waals surface area contributed by atoms with Crippen LogP contribution < -0.4 is 5.32 Å². The van der Waals surface area contributed by atoms with Crippen molar-refractivity contribution in [3.63, 3.8) is 0 Å². The molecule has 2 aliphatic rings. The lowest BCUT2D eigenvalue weighted by Crippen LogP contribution is -2.36. The van der Waals surface area contributed by atoms with E-state index in [9.17, 15) is 18.8 Å². The molecular weight excluding hydrogens is 323 g/mol. The van der Waals surface area contributed by atoms with Crippen LogP contribution in [0.25, 0.3) is 0 Å². The van der Waals surface area contributed by atoms with Crippen LogP contribution in [-0.2, 0) is 14.4 Å². The molecule has 3 amide bonds. The average molecular weight is 344 g/mol. The highest BCUT2D eigenvalue weighted by Crippen LogP contribution is 2.34. The fourth-order valence-corrected chi connectivity index (χ4v) is 3.45. The number of nitrogens with zero attached hydrogens (tertiary/aromatic N) is 1. The van der Waals surface area contributed by atoms with Crippen LogP contribution in [-0.4, -0.2) is 29.2 Å². The van der Waals surface area contributed by atoms with E-state index in [2.05, 4.69) is 5.32 Å². The lowest BCUT2D eigenvalue weighted by atomic mass is 9.85. The monoisotopic (exact) mass is 344 g/mol.